The smallest absolute Gasteiger partial charge is 0.123 e. The molecule has 0 amide bonds. The van der Waals surface area contributed by atoms with Crippen LogP contribution in [0.3, 0.4) is 0 Å². The molecule has 0 aromatic heterocycles. The minimum Gasteiger partial charge on any atom is -0.496 e. The predicted molar refractivity (Wildman–Crippen MR) is 79.6 cm³/mol. The summed E-state index contributed by atoms with van der Waals surface area (Å²) in [6.45, 7) is 5.69. The zero-order valence-corrected chi connectivity index (χ0v) is 12.4. The summed E-state index contributed by atoms with van der Waals surface area (Å²) in [5, 5.41) is 3.34. The number of hydrogen-bond donors (Lipinski definition) is 1. The molecule has 1 aliphatic rings. The average Bonchev–Trinajstić information content (AvgIpc) is 2.82. The van der Waals surface area contributed by atoms with Crippen molar-refractivity contribution in [2.75, 3.05) is 33.8 Å². The average molecular weight is 262 g/mol. The van der Waals surface area contributed by atoms with Gasteiger partial charge in [0.05, 0.1) is 7.11 Å². The van der Waals surface area contributed by atoms with Gasteiger partial charge in [-0.15, -0.1) is 0 Å². The first-order valence-electron chi connectivity index (χ1n) is 7.33. The highest BCUT2D eigenvalue weighted by Gasteiger charge is 2.35. The van der Waals surface area contributed by atoms with Crippen LogP contribution in [-0.4, -0.2) is 38.7 Å². The Balaban J connectivity index is 2.29. The normalized spacial score (nSPS) is 23.7. The number of methoxy groups -OCH3 is 1. The fourth-order valence-electron chi connectivity index (χ4n) is 3.30. The van der Waals surface area contributed by atoms with Crippen LogP contribution in [0.5, 0.6) is 5.75 Å². The van der Waals surface area contributed by atoms with Crippen molar-refractivity contribution in [3.63, 3.8) is 0 Å². The maximum atomic E-state index is 5.56. The minimum absolute atomic E-state index is 0.489. The quantitative estimate of drug-likeness (QED) is 0.853. The Hall–Kier alpha value is -1.06. The van der Waals surface area contributed by atoms with Crippen LogP contribution in [0.4, 0.5) is 0 Å². The molecule has 19 heavy (non-hydrogen) atoms. The van der Waals surface area contributed by atoms with Gasteiger partial charge in [-0.25, -0.2) is 0 Å². The fraction of sp³-hybridized carbons (Fsp3) is 0.625. The summed E-state index contributed by atoms with van der Waals surface area (Å²) in [5.74, 6) is 1.70. The molecule has 1 fully saturated rings. The van der Waals surface area contributed by atoms with Crippen LogP contribution in [0.1, 0.15) is 31.4 Å². The van der Waals surface area contributed by atoms with E-state index in [-0.39, 0.29) is 0 Å². The van der Waals surface area contributed by atoms with Crippen molar-refractivity contribution in [2.45, 2.75) is 25.8 Å². The van der Waals surface area contributed by atoms with Crippen LogP contribution < -0.4 is 10.1 Å². The topological polar surface area (TPSA) is 24.5 Å². The Morgan fingerprint density at radius 2 is 2.16 bits per heavy atom. The molecule has 0 bridgehead atoms. The van der Waals surface area contributed by atoms with E-state index in [4.69, 9.17) is 4.74 Å². The number of benzene rings is 1. The molecular weight excluding hydrogens is 236 g/mol. The lowest BCUT2D eigenvalue weighted by atomic mass is 9.93. The molecule has 1 aromatic carbocycles. The molecule has 0 spiro atoms. The van der Waals surface area contributed by atoms with E-state index in [2.05, 4.69) is 41.4 Å². The van der Waals surface area contributed by atoms with Gasteiger partial charge in [0.25, 0.3) is 0 Å². The van der Waals surface area contributed by atoms with Crippen molar-refractivity contribution in [2.24, 2.45) is 5.92 Å². The Kier molecular flexibility index (Phi) is 5.23. The van der Waals surface area contributed by atoms with E-state index in [0.717, 1.165) is 12.3 Å². The number of para-hydroxylation sites is 1. The lowest BCUT2D eigenvalue weighted by Crippen LogP contribution is -2.30. The van der Waals surface area contributed by atoms with Gasteiger partial charge < -0.3 is 10.1 Å². The van der Waals surface area contributed by atoms with Gasteiger partial charge in [0.1, 0.15) is 5.75 Å². The first kappa shape index (κ1) is 14.4. The molecule has 1 aliphatic heterocycles. The van der Waals surface area contributed by atoms with E-state index < -0.39 is 0 Å². The van der Waals surface area contributed by atoms with E-state index in [9.17, 15) is 0 Å². The van der Waals surface area contributed by atoms with Crippen LogP contribution >= 0.6 is 0 Å². The largest absolute Gasteiger partial charge is 0.496 e. The second-order valence-corrected chi connectivity index (χ2v) is 5.33. The molecule has 2 unspecified atom stereocenters. The molecule has 1 N–H and O–H groups in total. The molecule has 1 aromatic rings. The maximum Gasteiger partial charge on any atom is 0.123 e. The van der Waals surface area contributed by atoms with E-state index >= 15 is 0 Å². The van der Waals surface area contributed by atoms with Gasteiger partial charge in [-0.2, -0.15) is 0 Å². The van der Waals surface area contributed by atoms with Gasteiger partial charge in [0, 0.05) is 11.6 Å². The molecule has 3 heteroatoms. The summed E-state index contributed by atoms with van der Waals surface area (Å²) in [7, 11) is 3.81. The highest BCUT2D eigenvalue weighted by atomic mass is 16.5. The van der Waals surface area contributed by atoms with Gasteiger partial charge in [-0.05, 0) is 51.5 Å². The van der Waals surface area contributed by atoms with Crippen LogP contribution in [0, 0.1) is 5.92 Å². The molecule has 3 nitrogen and oxygen atoms in total. The molecule has 1 heterocycles. The number of likely N-dealkylation sites (tertiary alicyclic amines) is 1. The third-order valence-electron chi connectivity index (χ3n) is 4.06. The highest BCUT2D eigenvalue weighted by molar-refractivity contribution is 5.37. The number of ether oxygens (including phenoxy) is 1. The third-order valence-corrected chi connectivity index (χ3v) is 4.06. The second kappa shape index (κ2) is 6.92. The summed E-state index contributed by atoms with van der Waals surface area (Å²) < 4.78 is 5.56. The monoisotopic (exact) mass is 262 g/mol. The van der Waals surface area contributed by atoms with Crippen molar-refractivity contribution in [1.29, 1.82) is 0 Å². The zero-order valence-electron chi connectivity index (χ0n) is 12.4. The fourth-order valence-corrected chi connectivity index (χ4v) is 3.30. The number of nitrogens with zero attached hydrogens (tertiary/aromatic N) is 1. The highest BCUT2D eigenvalue weighted by Crippen LogP contribution is 2.40. The SMILES string of the molecule is CCCN1CCC(CNC)C1c1ccccc1OC. The molecule has 2 rings (SSSR count). The lowest BCUT2D eigenvalue weighted by Gasteiger charge is -2.29. The summed E-state index contributed by atoms with van der Waals surface area (Å²) in [4.78, 5) is 2.61. The number of rotatable bonds is 6. The van der Waals surface area contributed by atoms with Crippen molar-refractivity contribution in [3.8, 4) is 5.75 Å². The molecule has 1 saturated heterocycles. The van der Waals surface area contributed by atoms with Crippen LogP contribution in [-0.2, 0) is 0 Å². The second-order valence-electron chi connectivity index (χ2n) is 5.33. The van der Waals surface area contributed by atoms with Gasteiger partial charge in [0.2, 0.25) is 0 Å². The first-order valence-corrected chi connectivity index (χ1v) is 7.33. The zero-order chi connectivity index (χ0) is 13.7. The Labute approximate surface area is 116 Å². The summed E-state index contributed by atoms with van der Waals surface area (Å²) in [6, 6.07) is 8.96. The number of nitrogens with one attached hydrogen (secondary N) is 1. The van der Waals surface area contributed by atoms with Gasteiger partial charge in [0.15, 0.2) is 0 Å². The Morgan fingerprint density at radius 1 is 1.37 bits per heavy atom. The molecule has 0 aliphatic carbocycles. The molecule has 2 atom stereocenters. The molecular formula is C16H26N2O. The van der Waals surface area contributed by atoms with Crippen LogP contribution in [0.2, 0.25) is 0 Å². The maximum absolute atomic E-state index is 5.56. The van der Waals surface area contributed by atoms with E-state index in [1.54, 1.807) is 7.11 Å². The third kappa shape index (κ3) is 3.10. The standard InChI is InChI=1S/C16H26N2O/c1-4-10-18-11-9-13(12-17-2)16(18)14-7-5-6-8-15(14)19-3/h5-8,13,16-17H,4,9-12H2,1-3H3. The summed E-state index contributed by atoms with van der Waals surface area (Å²) >= 11 is 0. The Bertz CT molecular complexity index is 380. The van der Waals surface area contributed by atoms with Crippen molar-refractivity contribution < 1.29 is 4.74 Å². The van der Waals surface area contributed by atoms with Crippen molar-refractivity contribution in [3.05, 3.63) is 29.8 Å². The molecule has 0 saturated carbocycles. The van der Waals surface area contributed by atoms with E-state index in [0.29, 0.717) is 12.0 Å². The molecule has 0 radical (unpaired) electrons. The minimum atomic E-state index is 0.489. The first-order chi connectivity index (χ1) is 9.31. The van der Waals surface area contributed by atoms with Gasteiger partial charge in [-0.1, -0.05) is 25.1 Å². The van der Waals surface area contributed by atoms with Crippen LogP contribution in [0.15, 0.2) is 24.3 Å². The Morgan fingerprint density at radius 3 is 2.84 bits per heavy atom. The lowest BCUT2D eigenvalue weighted by molar-refractivity contribution is 0.222. The van der Waals surface area contributed by atoms with Gasteiger partial charge in [-0.3, -0.25) is 4.90 Å². The van der Waals surface area contributed by atoms with Crippen molar-refractivity contribution >= 4 is 0 Å². The number of hydrogen-bond acceptors (Lipinski definition) is 3. The van der Waals surface area contributed by atoms with Crippen LogP contribution in [0.25, 0.3) is 0 Å². The van der Waals surface area contributed by atoms with Crippen molar-refractivity contribution in [1.82, 2.24) is 10.2 Å². The van der Waals surface area contributed by atoms with E-state index in [1.165, 1.54) is 31.5 Å². The van der Waals surface area contributed by atoms with Gasteiger partial charge >= 0.3 is 0 Å². The molecule has 106 valence electrons. The van der Waals surface area contributed by atoms with E-state index in [1.807, 2.05) is 7.05 Å². The summed E-state index contributed by atoms with van der Waals surface area (Å²) in [6.07, 6.45) is 2.47. The predicted octanol–water partition coefficient (Wildman–Crippen LogP) is 2.69. The summed E-state index contributed by atoms with van der Waals surface area (Å²) in [5.41, 5.74) is 1.34.